The van der Waals surface area contributed by atoms with Crippen molar-refractivity contribution >= 4 is 11.9 Å². The molecule has 0 saturated carbocycles. The van der Waals surface area contributed by atoms with Gasteiger partial charge >= 0.3 is 11.9 Å². The molecule has 2 N–H and O–H groups in total. The van der Waals surface area contributed by atoms with E-state index >= 15 is 0 Å². The van der Waals surface area contributed by atoms with Gasteiger partial charge in [0.1, 0.15) is 6.10 Å². The van der Waals surface area contributed by atoms with Crippen molar-refractivity contribution in [2.45, 2.75) is 118 Å². The standard InChI is InChI=1S/C32H52O6/c1-23(2)10-7-11-24(3)12-8-13-25(4)14-9-15-26(5)20-28(38-32(36)19-18-31(34)35)21-27-16-17-29(33)30(22-27)37-6/h16-17,20,22-25,28,33H,7-15,18-19,21H2,1-6H3,(H,34,35)/b26-20+/t24-,25-,28?/m1/s1. The van der Waals surface area contributed by atoms with E-state index in [0.29, 0.717) is 18.1 Å². The first-order chi connectivity index (χ1) is 18.0. The first-order valence-electron chi connectivity index (χ1n) is 14.4. The van der Waals surface area contributed by atoms with E-state index in [4.69, 9.17) is 14.6 Å². The Kier molecular flexibility index (Phi) is 16.5. The molecule has 216 valence electrons. The number of rotatable bonds is 20. The first-order valence-corrected chi connectivity index (χ1v) is 14.4. The number of carbonyl (C=O) groups excluding carboxylic acids is 1. The zero-order valence-electron chi connectivity index (χ0n) is 24.6. The number of carboxylic acids is 1. The van der Waals surface area contributed by atoms with E-state index in [1.807, 2.05) is 6.08 Å². The van der Waals surface area contributed by atoms with Gasteiger partial charge in [0.05, 0.1) is 20.0 Å². The number of hydrogen-bond donors (Lipinski definition) is 2. The van der Waals surface area contributed by atoms with Crippen LogP contribution in [-0.4, -0.2) is 35.4 Å². The number of aliphatic carboxylic acids is 1. The molecule has 1 rings (SSSR count). The summed E-state index contributed by atoms with van der Waals surface area (Å²) in [6.45, 7) is 11.4. The summed E-state index contributed by atoms with van der Waals surface area (Å²) < 4.78 is 10.8. The van der Waals surface area contributed by atoms with E-state index in [1.165, 1.54) is 52.1 Å². The van der Waals surface area contributed by atoms with Crippen LogP contribution >= 0.6 is 0 Å². The predicted octanol–water partition coefficient (Wildman–Crippen LogP) is 8.11. The molecule has 1 aromatic carbocycles. The van der Waals surface area contributed by atoms with E-state index < -0.39 is 18.0 Å². The number of benzene rings is 1. The van der Waals surface area contributed by atoms with Crippen LogP contribution in [0.5, 0.6) is 11.5 Å². The lowest BCUT2D eigenvalue weighted by Crippen LogP contribution is -2.20. The monoisotopic (exact) mass is 532 g/mol. The molecule has 1 unspecified atom stereocenters. The molecule has 0 aromatic heterocycles. The molecule has 0 aliphatic rings. The van der Waals surface area contributed by atoms with Crippen molar-refractivity contribution < 1.29 is 29.3 Å². The Morgan fingerprint density at radius 1 is 0.895 bits per heavy atom. The van der Waals surface area contributed by atoms with Crippen molar-refractivity contribution in [2.75, 3.05) is 7.11 Å². The summed E-state index contributed by atoms with van der Waals surface area (Å²) >= 11 is 0. The van der Waals surface area contributed by atoms with E-state index in [-0.39, 0.29) is 18.6 Å². The normalized spacial score (nSPS) is 14.2. The molecule has 6 nitrogen and oxygen atoms in total. The molecule has 0 fully saturated rings. The van der Waals surface area contributed by atoms with Gasteiger partial charge in [-0.05, 0) is 61.3 Å². The topological polar surface area (TPSA) is 93.1 Å². The molecular formula is C32H52O6. The molecule has 0 aliphatic heterocycles. The second kappa shape index (κ2) is 18.7. The van der Waals surface area contributed by atoms with E-state index in [2.05, 4.69) is 34.6 Å². The van der Waals surface area contributed by atoms with Crippen molar-refractivity contribution in [3.05, 3.63) is 35.4 Å². The number of carboxylic acid groups (broad SMARTS) is 1. The van der Waals surface area contributed by atoms with Gasteiger partial charge in [-0.1, -0.05) is 84.3 Å². The quantitative estimate of drug-likeness (QED) is 0.130. The van der Waals surface area contributed by atoms with Gasteiger partial charge in [0.2, 0.25) is 0 Å². The summed E-state index contributed by atoms with van der Waals surface area (Å²) in [5.41, 5.74) is 2.00. The number of hydrogen-bond acceptors (Lipinski definition) is 5. The molecule has 0 spiro atoms. The second-order valence-electron chi connectivity index (χ2n) is 11.5. The van der Waals surface area contributed by atoms with Crippen LogP contribution in [0.4, 0.5) is 0 Å². The van der Waals surface area contributed by atoms with Crippen LogP contribution in [0, 0.1) is 17.8 Å². The number of ether oxygens (including phenoxy) is 2. The van der Waals surface area contributed by atoms with E-state index in [9.17, 15) is 14.7 Å². The minimum atomic E-state index is -1.02. The molecule has 6 heteroatoms. The Hall–Kier alpha value is -2.50. The summed E-state index contributed by atoms with van der Waals surface area (Å²) in [4.78, 5) is 23.1. The summed E-state index contributed by atoms with van der Waals surface area (Å²) in [6.07, 6.45) is 12.5. The average Bonchev–Trinajstić information content (AvgIpc) is 2.83. The maximum absolute atomic E-state index is 12.3. The maximum atomic E-state index is 12.3. The third-order valence-electron chi connectivity index (χ3n) is 7.12. The number of phenols is 1. The lowest BCUT2D eigenvalue weighted by molar-refractivity contribution is -0.150. The summed E-state index contributed by atoms with van der Waals surface area (Å²) in [5.74, 6) is 1.16. The van der Waals surface area contributed by atoms with E-state index in [0.717, 1.165) is 35.8 Å². The highest BCUT2D eigenvalue weighted by atomic mass is 16.5. The fourth-order valence-corrected chi connectivity index (χ4v) is 4.76. The van der Waals surface area contributed by atoms with Gasteiger partial charge < -0.3 is 19.7 Å². The van der Waals surface area contributed by atoms with Gasteiger partial charge in [-0.2, -0.15) is 0 Å². The van der Waals surface area contributed by atoms with Gasteiger partial charge in [0, 0.05) is 6.42 Å². The Morgan fingerprint density at radius 3 is 2.08 bits per heavy atom. The molecule has 38 heavy (non-hydrogen) atoms. The zero-order valence-corrected chi connectivity index (χ0v) is 24.6. The van der Waals surface area contributed by atoms with Crippen LogP contribution in [-0.2, 0) is 20.7 Å². The molecule has 0 saturated heterocycles. The number of carbonyl (C=O) groups is 2. The Morgan fingerprint density at radius 2 is 1.50 bits per heavy atom. The maximum Gasteiger partial charge on any atom is 0.306 e. The number of allylic oxidation sites excluding steroid dienone is 1. The number of aromatic hydroxyl groups is 1. The zero-order chi connectivity index (χ0) is 28.5. The van der Waals surface area contributed by atoms with Gasteiger partial charge in [-0.3, -0.25) is 9.59 Å². The molecule has 0 amide bonds. The highest BCUT2D eigenvalue weighted by Gasteiger charge is 2.16. The van der Waals surface area contributed by atoms with Crippen LogP contribution in [0.1, 0.15) is 111 Å². The van der Waals surface area contributed by atoms with Crippen LogP contribution in [0.15, 0.2) is 29.8 Å². The number of phenolic OH excluding ortho intramolecular Hbond substituents is 1. The highest BCUT2D eigenvalue weighted by Crippen LogP contribution is 2.28. The Balaban J connectivity index is 2.58. The summed E-state index contributed by atoms with van der Waals surface area (Å²) in [5, 5.41) is 18.8. The van der Waals surface area contributed by atoms with Gasteiger partial charge in [0.15, 0.2) is 11.5 Å². The Bertz CT molecular complexity index is 860. The van der Waals surface area contributed by atoms with Crippen molar-refractivity contribution in [1.82, 2.24) is 0 Å². The van der Waals surface area contributed by atoms with Crippen molar-refractivity contribution in [1.29, 1.82) is 0 Å². The largest absolute Gasteiger partial charge is 0.504 e. The molecule has 1 aromatic rings. The van der Waals surface area contributed by atoms with Crippen molar-refractivity contribution in [3.8, 4) is 11.5 Å². The van der Waals surface area contributed by atoms with Crippen molar-refractivity contribution in [3.63, 3.8) is 0 Å². The van der Waals surface area contributed by atoms with Crippen LogP contribution < -0.4 is 4.74 Å². The minimum Gasteiger partial charge on any atom is -0.504 e. The number of methoxy groups -OCH3 is 1. The first kappa shape index (κ1) is 33.5. The molecule has 0 radical (unpaired) electrons. The van der Waals surface area contributed by atoms with Crippen LogP contribution in [0.2, 0.25) is 0 Å². The average molecular weight is 533 g/mol. The predicted molar refractivity (Wildman–Crippen MR) is 154 cm³/mol. The minimum absolute atomic E-state index is 0.0488. The Labute approximate surface area is 230 Å². The van der Waals surface area contributed by atoms with Gasteiger partial charge in [0.25, 0.3) is 0 Å². The summed E-state index contributed by atoms with van der Waals surface area (Å²) in [6, 6.07) is 5.05. The molecule has 0 bridgehead atoms. The summed E-state index contributed by atoms with van der Waals surface area (Å²) in [7, 11) is 1.49. The molecular weight excluding hydrogens is 480 g/mol. The third kappa shape index (κ3) is 15.7. The fraction of sp³-hybridized carbons (Fsp3) is 0.688. The molecule has 3 atom stereocenters. The smallest absolute Gasteiger partial charge is 0.306 e. The molecule has 0 heterocycles. The second-order valence-corrected chi connectivity index (χ2v) is 11.5. The SMILES string of the molecule is COc1cc(CC(/C=C(\C)CCC[C@H](C)CCC[C@H](C)CCCC(C)C)OC(=O)CCC(=O)O)ccc1O. The highest BCUT2D eigenvalue weighted by molar-refractivity contribution is 5.76. The third-order valence-corrected chi connectivity index (χ3v) is 7.12. The van der Waals surface area contributed by atoms with Crippen molar-refractivity contribution in [2.24, 2.45) is 17.8 Å². The number of esters is 1. The van der Waals surface area contributed by atoms with Gasteiger partial charge in [-0.25, -0.2) is 0 Å². The van der Waals surface area contributed by atoms with Crippen LogP contribution in [0.3, 0.4) is 0 Å². The van der Waals surface area contributed by atoms with Crippen LogP contribution in [0.25, 0.3) is 0 Å². The fourth-order valence-electron chi connectivity index (χ4n) is 4.76. The molecule has 0 aliphatic carbocycles. The lowest BCUT2D eigenvalue weighted by Gasteiger charge is -2.17. The van der Waals surface area contributed by atoms with E-state index in [1.54, 1.807) is 18.2 Å². The van der Waals surface area contributed by atoms with Gasteiger partial charge in [-0.15, -0.1) is 0 Å². The lowest BCUT2D eigenvalue weighted by atomic mass is 9.91.